The van der Waals surface area contributed by atoms with Crippen LogP contribution in [-0.2, 0) is 14.6 Å². The Bertz CT molecular complexity index is 998. The van der Waals surface area contributed by atoms with Crippen molar-refractivity contribution in [2.45, 2.75) is 19.3 Å². The number of nitrogens with zero attached hydrogens (tertiary/aromatic N) is 2. The third-order valence-corrected chi connectivity index (χ3v) is 8.29. The van der Waals surface area contributed by atoms with Gasteiger partial charge >= 0.3 is 0 Å². The molecular formula is C19H22N2O4S2. The number of benzene rings is 1. The Hall–Kier alpha value is -1.93. The zero-order chi connectivity index (χ0) is 19.2. The van der Waals surface area contributed by atoms with E-state index in [2.05, 4.69) is 0 Å². The Labute approximate surface area is 162 Å². The van der Waals surface area contributed by atoms with Gasteiger partial charge in [-0.25, -0.2) is 8.42 Å². The van der Waals surface area contributed by atoms with Gasteiger partial charge < -0.3 is 9.80 Å². The van der Waals surface area contributed by atoms with E-state index in [1.807, 2.05) is 29.2 Å². The Morgan fingerprint density at radius 2 is 1.78 bits per heavy atom. The molecule has 6 nitrogen and oxygen atoms in total. The maximum Gasteiger partial charge on any atom is 0.264 e. The molecule has 2 aliphatic rings. The fourth-order valence-corrected chi connectivity index (χ4v) is 6.43. The summed E-state index contributed by atoms with van der Waals surface area (Å²) in [4.78, 5) is 29.2. The smallest absolute Gasteiger partial charge is 0.264 e. The van der Waals surface area contributed by atoms with E-state index in [0.717, 1.165) is 22.1 Å². The van der Waals surface area contributed by atoms with Crippen molar-refractivity contribution in [2.24, 2.45) is 0 Å². The number of hydrogen-bond donors (Lipinski definition) is 0. The van der Waals surface area contributed by atoms with Crippen molar-refractivity contribution in [1.82, 2.24) is 9.80 Å². The Balaban J connectivity index is 1.70. The molecule has 1 aromatic heterocycles. The topological polar surface area (TPSA) is 74.8 Å². The van der Waals surface area contributed by atoms with E-state index in [0.29, 0.717) is 18.0 Å². The summed E-state index contributed by atoms with van der Waals surface area (Å²) in [6.45, 7) is 3.41. The zero-order valence-corrected chi connectivity index (χ0v) is 16.8. The summed E-state index contributed by atoms with van der Waals surface area (Å²) in [7, 11) is -3.03. The number of amides is 2. The van der Waals surface area contributed by atoms with E-state index in [1.54, 1.807) is 11.8 Å². The summed E-state index contributed by atoms with van der Waals surface area (Å²) < 4.78 is 24.5. The van der Waals surface area contributed by atoms with Crippen LogP contribution in [0, 0.1) is 0 Å². The van der Waals surface area contributed by atoms with Gasteiger partial charge in [-0.3, -0.25) is 9.59 Å². The Morgan fingerprint density at radius 1 is 1.07 bits per heavy atom. The van der Waals surface area contributed by atoms with Crippen molar-refractivity contribution >= 4 is 43.1 Å². The quantitative estimate of drug-likeness (QED) is 0.766. The van der Waals surface area contributed by atoms with Crippen LogP contribution in [0.4, 0.5) is 0 Å². The minimum atomic E-state index is -3.03. The van der Waals surface area contributed by atoms with Crippen LogP contribution in [0.3, 0.4) is 0 Å². The van der Waals surface area contributed by atoms with E-state index >= 15 is 0 Å². The molecule has 1 aromatic carbocycles. The van der Waals surface area contributed by atoms with Gasteiger partial charge in [-0.1, -0.05) is 18.2 Å². The lowest BCUT2D eigenvalue weighted by Gasteiger charge is -2.27. The summed E-state index contributed by atoms with van der Waals surface area (Å²) in [6, 6.07) is 7.98. The molecule has 0 aliphatic carbocycles. The van der Waals surface area contributed by atoms with Gasteiger partial charge in [0.1, 0.15) is 0 Å². The second kappa shape index (κ2) is 6.91. The van der Waals surface area contributed by atoms with Gasteiger partial charge in [-0.15, -0.1) is 11.3 Å². The molecule has 2 aromatic rings. The maximum absolute atomic E-state index is 13.2. The second-order valence-corrected chi connectivity index (χ2v) is 10.6. The highest BCUT2D eigenvalue weighted by atomic mass is 32.2. The van der Waals surface area contributed by atoms with Crippen LogP contribution in [0.2, 0.25) is 0 Å². The molecule has 0 saturated carbocycles. The normalized spacial score (nSPS) is 22.3. The largest absolute Gasteiger partial charge is 0.342 e. The van der Waals surface area contributed by atoms with E-state index in [9.17, 15) is 18.0 Å². The van der Waals surface area contributed by atoms with Crippen molar-refractivity contribution in [3.8, 4) is 0 Å². The number of carbonyl (C=O) groups excluding carboxylic acids is 2. The number of sulfone groups is 1. The summed E-state index contributed by atoms with van der Waals surface area (Å²) >= 11 is 1.48. The molecule has 8 heteroatoms. The van der Waals surface area contributed by atoms with Crippen molar-refractivity contribution in [3.63, 3.8) is 0 Å². The van der Waals surface area contributed by atoms with Gasteiger partial charge in [0.15, 0.2) is 9.84 Å². The molecule has 3 heterocycles. The average Bonchev–Trinajstić information content (AvgIpc) is 3.25. The number of hydrogen-bond acceptors (Lipinski definition) is 5. The lowest BCUT2D eigenvalue weighted by molar-refractivity contribution is -0.127. The highest BCUT2D eigenvalue weighted by molar-refractivity contribution is 7.91. The molecule has 2 aliphatic heterocycles. The van der Waals surface area contributed by atoms with Gasteiger partial charge in [0.25, 0.3) is 5.91 Å². The molecule has 0 bridgehead atoms. The number of thiophene rings is 1. The first-order chi connectivity index (χ1) is 12.9. The molecule has 2 fully saturated rings. The van der Waals surface area contributed by atoms with Gasteiger partial charge in [0.05, 0.1) is 16.4 Å². The number of carbonyl (C=O) groups is 2. The third kappa shape index (κ3) is 3.48. The molecule has 2 saturated heterocycles. The molecule has 0 spiro atoms. The SMILES string of the molecule is CC(=O)N1CCC(c2c(C(=O)N3CCS(=O)(=O)CC3)sc3ccccc23)C1. The molecular weight excluding hydrogens is 384 g/mol. The predicted molar refractivity (Wildman–Crippen MR) is 106 cm³/mol. The van der Waals surface area contributed by atoms with Crippen molar-refractivity contribution < 1.29 is 18.0 Å². The van der Waals surface area contributed by atoms with Gasteiger partial charge in [-0.2, -0.15) is 0 Å². The lowest BCUT2D eigenvalue weighted by Crippen LogP contribution is -2.43. The third-order valence-electron chi connectivity index (χ3n) is 5.50. The first-order valence-corrected chi connectivity index (χ1v) is 11.8. The molecule has 0 radical (unpaired) electrons. The second-order valence-electron chi connectivity index (χ2n) is 7.24. The van der Waals surface area contributed by atoms with Crippen molar-refractivity contribution in [3.05, 3.63) is 34.7 Å². The van der Waals surface area contributed by atoms with E-state index in [4.69, 9.17) is 0 Å². The summed E-state index contributed by atoms with van der Waals surface area (Å²) in [5.74, 6) is 0.173. The highest BCUT2D eigenvalue weighted by Crippen LogP contribution is 2.40. The first-order valence-electron chi connectivity index (χ1n) is 9.12. The fraction of sp³-hybridized carbons (Fsp3) is 0.474. The van der Waals surface area contributed by atoms with E-state index in [-0.39, 0.29) is 42.3 Å². The predicted octanol–water partition coefficient (Wildman–Crippen LogP) is 2.11. The molecule has 0 N–H and O–H groups in total. The van der Waals surface area contributed by atoms with Gasteiger partial charge in [0.2, 0.25) is 5.91 Å². The monoisotopic (exact) mass is 406 g/mol. The minimum Gasteiger partial charge on any atom is -0.342 e. The highest BCUT2D eigenvalue weighted by Gasteiger charge is 2.34. The summed E-state index contributed by atoms with van der Waals surface area (Å²) in [5.41, 5.74) is 1.03. The van der Waals surface area contributed by atoms with Crippen LogP contribution in [-0.4, -0.2) is 67.7 Å². The van der Waals surface area contributed by atoms with E-state index in [1.165, 1.54) is 11.3 Å². The Morgan fingerprint density at radius 3 is 2.44 bits per heavy atom. The van der Waals surface area contributed by atoms with Crippen LogP contribution >= 0.6 is 11.3 Å². The minimum absolute atomic E-state index is 0.0283. The van der Waals surface area contributed by atoms with Crippen LogP contribution in [0.15, 0.2) is 24.3 Å². The molecule has 1 atom stereocenters. The maximum atomic E-state index is 13.2. The van der Waals surface area contributed by atoms with Crippen molar-refractivity contribution in [2.75, 3.05) is 37.7 Å². The molecule has 27 heavy (non-hydrogen) atoms. The van der Waals surface area contributed by atoms with E-state index < -0.39 is 9.84 Å². The summed E-state index contributed by atoms with van der Waals surface area (Å²) in [6.07, 6.45) is 0.842. The molecule has 2 amide bonds. The van der Waals surface area contributed by atoms with Gasteiger partial charge in [0, 0.05) is 43.7 Å². The Kier molecular flexibility index (Phi) is 4.71. The number of rotatable bonds is 2. The molecule has 4 rings (SSSR count). The van der Waals surface area contributed by atoms with Crippen molar-refractivity contribution in [1.29, 1.82) is 0 Å². The number of fused-ring (bicyclic) bond motifs is 1. The standard InChI is InChI=1S/C19H22N2O4S2/c1-13(22)21-7-6-14(12-21)17-15-4-2-3-5-16(15)26-18(17)19(23)20-8-10-27(24,25)11-9-20/h2-5,14H,6-12H2,1H3. The molecule has 1 unspecified atom stereocenters. The lowest BCUT2D eigenvalue weighted by atomic mass is 9.94. The van der Waals surface area contributed by atoms with Crippen LogP contribution in [0.25, 0.3) is 10.1 Å². The van der Waals surface area contributed by atoms with Crippen LogP contribution in [0.5, 0.6) is 0 Å². The number of likely N-dealkylation sites (tertiary alicyclic amines) is 1. The zero-order valence-electron chi connectivity index (χ0n) is 15.2. The first kappa shape index (κ1) is 18.4. The van der Waals surface area contributed by atoms with Gasteiger partial charge in [-0.05, 0) is 23.4 Å². The summed E-state index contributed by atoms with van der Waals surface area (Å²) in [5, 5.41) is 1.07. The average molecular weight is 407 g/mol. The molecule has 144 valence electrons. The van der Waals surface area contributed by atoms with Crippen LogP contribution < -0.4 is 0 Å². The van der Waals surface area contributed by atoms with Crippen LogP contribution in [0.1, 0.15) is 34.5 Å². The fourth-order valence-electron chi connectivity index (χ4n) is 3.97.